The quantitative estimate of drug-likeness (QED) is 0.611. The highest BCUT2D eigenvalue weighted by Gasteiger charge is 2.22. The first kappa shape index (κ1) is 17.6. The SMILES string of the molecule is CC(C)[C@H](N)C(=O)NCC(=O)Nc1cc(Cl)ccc1NC1CC1. The van der Waals surface area contributed by atoms with Crippen LogP contribution in [0.25, 0.3) is 0 Å². The Morgan fingerprint density at radius 1 is 1.30 bits per heavy atom. The summed E-state index contributed by atoms with van der Waals surface area (Å²) >= 11 is 5.99. The first-order valence-corrected chi connectivity index (χ1v) is 8.14. The van der Waals surface area contributed by atoms with Gasteiger partial charge in [0.05, 0.1) is 24.0 Å². The van der Waals surface area contributed by atoms with E-state index >= 15 is 0 Å². The lowest BCUT2D eigenvalue weighted by Crippen LogP contribution is -2.46. The Balaban J connectivity index is 1.91. The van der Waals surface area contributed by atoms with Crippen LogP contribution in [-0.4, -0.2) is 30.4 Å². The molecule has 1 aliphatic rings. The summed E-state index contributed by atoms with van der Waals surface area (Å²) in [5.41, 5.74) is 7.17. The first-order chi connectivity index (χ1) is 10.9. The van der Waals surface area contributed by atoms with Crippen molar-refractivity contribution in [2.24, 2.45) is 11.7 Å². The maximum Gasteiger partial charge on any atom is 0.243 e. The second-order valence-corrected chi connectivity index (χ2v) is 6.58. The zero-order chi connectivity index (χ0) is 17.0. The number of anilines is 2. The van der Waals surface area contributed by atoms with E-state index in [2.05, 4.69) is 16.0 Å². The van der Waals surface area contributed by atoms with E-state index in [-0.39, 0.29) is 24.3 Å². The summed E-state index contributed by atoms with van der Waals surface area (Å²) in [7, 11) is 0. The zero-order valence-electron chi connectivity index (χ0n) is 13.4. The minimum atomic E-state index is -0.624. The molecule has 2 amide bonds. The van der Waals surface area contributed by atoms with E-state index in [1.54, 1.807) is 12.1 Å². The number of nitrogens with two attached hydrogens (primary N) is 1. The number of nitrogens with one attached hydrogen (secondary N) is 3. The van der Waals surface area contributed by atoms with Gasteiger partial charge in [-0.3, -0.25) is 9.59 Å². The Morgan fingerprint density at radius 3 is 2.61 bits per heavy atom. The van der Waals surface area contributed by atoms with Crippen molar-refractivity contribution >= 4 is 34.8 Å². The predicted molar refractivity (Wildman–Crippen MR) is 92.5 cm³/mol. The Bertz CT molecular complexity index is 587. The normalized spacial score (nSPS) is 15.2. The molecule has 1 atom stereocenters. The molecule has 1 fully saturated rings. The third-order valence-corrected chi connectivity index (χ3v) is 3.87. The van der Waals surface area contributed by atoms with Gasteiger partial charge in [-0.15, -0.1) is 0 Å². The van der Waals surface area contributed by atoms with Crippen molar-refractivity contribution in [3.05, 3.63) is 23.2 Å². The minimum Gasteiger partial charge on any atom is -0.381 e. The van der Waals surface area contributed by atoms with Crippen molar-refractivity contribution in [2.45, 2.75) is 38.8 Å². The highest BCUT2D eigenvalue weighted by Crippen LogP contribution is 2.31. The number of amides is 2. The molecule has 126 valence electrons. The van der Waals surface area contributed by atoms with Crippen molar-refractivity contribution in [2.75, 3.05) is 17.2 Å². The molecule has 1 aromatic carbocycles. The van der Waals surface area contributed by atoms with Crippen molar-refractivity contribution in [3.8, 4) is 0 Å². The standard InChI is InChI=1S/C16H23ClN4O2/c1-9(2)15(18)16(23)19-8-14(22)21-13-7-10(17)3-6-12(13)20-11-4-5-11/h3,6-7,9,11,15,20H,4-5,8,18H2,1-2H3,(H,19,23)(H,21,22)/t15-/m0/s1. The highest BCUT2D eigenvalue weighted by atomic mass is 35.5. The maximum atomic E-state index is 12.0. The van der Waals surface area contributed by atoms with Gasteiger partial charge in [-0.2, -0.15) is 0 Å². The summed E-state index contributed by atoms with van der Waals surface area (Å²) < 4.78 is 0. The van der Waals surface area contributed by atoms with Crippen LogP contribution in [0.4, 0.5) is 11.4 Å². The maximum absolute atomic E-state index is 12.0. The van der Waals surface area contributed by atoms with Crippen LogP contribution < -0.4 is 21.7 Å². The Kier molecular flexibility index (Phi) is 5.85. The lowest BCUT2D eigenvalue weighted by Gasteiger charge is -2.16. The number of hydrogen-bond acceptors (Lipinski definition) is 4. The summed E-state index contributed by atoms with van der Waals surface area (Å²) in [5.74, 6) is -0.645. The van der Waals surface area contributed by atoms with Gasteiger partial charge < -0.3 is 21.7 Å². The number of hydrogen-bond donors (Lipinski definition) is 4. The molecule has 0 saturated heterocycles. The van der Waals surface area contributed by atoms with Crippen molar-refractivity contribution in [1.29, 1.82) is 0 Å². The second-order valence-electron chi connectivity index (χ2n) is 6.14. The van der Waals surface area contributed by atoms with E-state index in [9.17, 15) is 9.59 Å². The molecule has 23 heavy (non-hydrogen) atoms. The molecule has 0 unspecified atom stereocenters. The van der Waals surface area contributed by atoms with E-state index in [1.807, 2.05) is 19.9 Å². The molecule has 1 aromatic rings. The molecule has 1 aliphatic carbocycles. The fourth-order valence-corrected chi connectivity index (χ4v) is 2.15. The summed E-state index contributed by atoms with van der Waals surface area (Å²) in [6.07, 6.45) is 2.25. The summed E-state index contributed by atoms with van der Waals surface area (Å²) in [6.45, 7) is 3.58. The molecule has 0 heterocycles. The smallest absolute Gasteiger partial charge is 0.243 e. The molecule has 0 aromatic heterocycles. The van der Waals surface area contributed by atoms with Gasteiger partial charge in [-0.25, -0.2) is 0 Å². The van der Waals surface area contributed by atoms with Crippen LogP contribution in [0, 0.1) is 5.92 Å². The van der Waals surface area contributed by atoms with Gasteiger partial charge in [0.15, 0.2) is 0 Å². The third kappa shape index (κ3) is 5.41. The van der Waals surface area contributed by atoms with E-state index in [4.69, 9.17) is 17.3 Å². The topological polar surface area (TPSA) is 96.2 Å². The summed E-state index contributed by atoms with van der Waals surface area (Å²) in [4.78, 5) is 23.8. The fraction of sp³-hybridized carbons (Fsp3) is 0.500. The largest absolute Gasteiger partial charge is 0.381 e. The van der Waals surface area contributed by atoms with Crippen molar-refractivity contribution in [3.63, 3.8) is 0 Å². The molecule has 6 nitrogen and oxygen atoms in total. The van der Waals surface area contributed by atoms with E-state index in [0.29, 0.717) is 16.8 Å². The van der Waals surface area contributed by atoms with Gasteiger partial charge >= 0.3 is 0 Å². The second kappa shape index (κ2) is 7.66. The molecule has 7 heteroatoms. The van der Waals surface area contributed by atoms with Gasteiger partial charge in [0.2, 0.25) is 11.8 Å². The Hall–Kier alpha value is -1.79. The number of benzene rings is 1. The average Bonchev–Trinajstić information content (AvgIpc) is 3.30. The molecule has 0 spiro atoms. The predicted octanol–water partition coefficient (Wildman–Crippen LogP) is 1.95. The van der Waals surface area contributed by atoms with Crippen LogP contribution in [0.1, 0.15) is 26.7 Å². The van der Waals surface area contributed by atoms with Crippen LogP contribution >= 0.6 is 11.6 Å². The summed E-state index contributed by atoms with van der Waals surface area (Å²) in [6, 6.07) is 5.12. The van der Waals surface area contributed by atoms with Crippen LogP contribution in [0.3, 0.4) is 0 Å². The third-order valence-electron chi connectivity index (χ3n) is 3.64. The Labute approximate surface area is 141 Å². The van der Waals surface area contributed by atoms with Gasteiger partial charge in [0.25, 0.3) is 0 Å². The molecule has 0 radical (unpaired) electrons. The lowest BCUT2D eigenvalue weighted by atomic mass is 10.1. The lowest BCUT2D eigenvalue weighted by molar-refractivity contribution is -0.125. The number of carbonyl (C=O) groups is 2. The highest BCUT2D eigenvalue weighted by molar-refractivity contribution is 6.31. The van der Waals surface area contributed by atoms with Gasteiger partial charge in [-0.05, 0) is 37.0 Å². The van der Waals surface area contributed by atoms with Crippen LogP contribution in [0.5, 0.6) is 0 Å². The molecule has 1 saturated carbocycles. The van der Waals surface area contributed by atoms with Crippen molar-refractivity contribution < 1.29 is 9.59 Å². The number of carbonyl (C=O) groups excluding carboxylic acids is 2. The number of halogens is 1. The molecular formula is C16H23ClN4O2. The Morgan fingerprint density at radius 2 is 2.00 bits per heavy atom. The zero-order valence-corrected chi connectivity index (χ0v) is 14.1. The van der Waals surface area contributed by atoms with E-state index in [0.717, 1.165) is 18.5 Å². The molecule has 5 N–H and O–H groups in total. The first-order valence-electron chi connectivity index (χ1n) is 7.76. The number of rotatable bonds is 7. The summed E-state index contributed by atoms with van der Waals surface area (Å²) in [5, 5.41) is 9.18. The van der Waals surface area contributed by atoms with Gasteiger partial charge in [0.1, 0.15) is 0 Å². The van der Waals surface area contributed by atoms with E-state index in [1.165, 1.54) is 0 Å². The average molecular weight is 339 g/mol. The van der Waals surface area contributed by atoms with E-state index < -0.39 is 6.04 Å². The monoisotopic (exact) mass is 338 g/mol. The molecule has 2 rings (SSSR count). The van der Waals surface area contributed by atoms with Crippen LogP contribution in [-0.2, 0) is 9.59 Å². The molecule has 0 aliphatic heterocycles. The van der Waals surface area contributed by atoms with Crippen molar-refractivity contribution in [1.82, 2.24) is 5.32 Å². The van der Waals surface area contributed by atoms with Gasteiger partial charge in [0, 0.05) is 11.1 Å². The minimum absolute atomic E-state index is 0.0142. The molecular weight excluding hydrogens is 316 g/mol. The van der Waals surface area contributed by atoms with Crippen LogP contribution in [0.15, 0.2) is 18.2 Å². The fourth-order valence-electron chi connectivity index (χ4n) is 1.98. The van der Waals surface area contributed by atoms with Crippen LogP contribution in [0.2, 0.25) is 5.02 Å². The molecule has 0 bridgehead atoms. The van der Waals surface area contributed by atoms with Gasteiger partial charge in [-0.1, -0.05) is 25.4 Å².